The quantitative estimate of drug-likeness (QED) is 0.886. The van der Waals surface area contributed by atoms with E-state index in [9.17, 15) is 13.2 Å². The zero-order valence-corrected chi connectivity index (χ0v) is 13.3. The van der Waals surface area contributed by atoms with Gasteiger partial charge in [-0.15, -0.1) is 0 Å². The normalized spacial score (nSPS) is 13.5. The number of carboxylic acid groups (broad SMARTS) is 1. The van der Waals surface area contributed by atoms with E-state index < -0.39 is 16.0 Å². The Morgan fingerprint density at radius 3 is 2.53 bits per heavy atom. The summed E-state index contributed by atoms with van der Waals surface area (Å²) in [7, 11) is -2.22. The SMILES string of the molecule is CCC(C)N(C)S(=O)(=O)c1cc(C(=O)O)ccc1Br. The van der Waals surface area contributed by atoms with Crippen LogP contribution in [-0.2, 0) is 10.0 Å². The number of aromatic carboxylic acids is 1. The Hall–Kier alpha value is -0.920. The Balaban J connectivity index is 3.36. The molecule has 106 valence electrons. The van der Waals surface area contributed by atoms with Crippen molar-refractivity contribution in [3.63, 3.8) is 0 Å². The molecule has 1 aromatic carbocycles. The molecule has 0 aromatic heterocycles. The zero-order valence-electron chi connectivity index (χ0n) is 10.9. The highest BCUT2D eigenvalue weighted by atomic mass is 79.9. The van der Waals surface area contributed by atoms with Crippen LogP contribution in [0.15, 0.2) is 27.6 Å². The summed E-state index contributed by atoms with van der Waals surface area (Å²) in [6.07, 6.45) is 0.673. The van der Waals surface area contributed by atoms with E-state index in [1.54, 1.807) is 6.92 Å². The summed E-state index contributed by atoms with van der Waals surface area (Å²) in [6.45, 7) is 3.69. The first-order valence-electron chi connectivity index (χ1n) is 5.72. The van der Waals surface area contributed by atoms with Gasteiger partial charge in [-0.05, 0) is 47.5 Å². The number of nitrogens with zero attached hydrogens (tertiary/aromatic N) is 1. The second-order valence-corrected chi connectivity index (χ2v) is 7.05. The molecule has 1 N–H and O–H groups in total. The van der Waals surface area contributed by atoms with Gasteiger partial charge in [0, 0.05) is 17.6 Å². The zero-order chi connectivity index (χ0) is 14.8. The maximum atomic E-state index is 12.4. The molecule has 1 rings (SSSR count). The van der Waals surface area contributed by atoms with E-state index in [1.807, 2.05) is 6.92 Å². The van der Waals surface area contributed by atoms with Gasteiger partial charge in [0.05, 0.1) is 10.5 Å². The van der Waals surface area contributed by atoms with Crippen molar-refractivity contribution in [2.75, 3.05) is 7.05 Å². The minimum Gasteiger partial charge on any atom is -0.478 e. The topological polar surface area (TPSA) is 74.7 Å². The average molecular weight is 350 g/mol. The van der Waals surface area contributed by atoms with Gasteiger partial charge in [0.15, 0.2) is 0 Å². The second-order valence-electron chi connectivity index (χ2n) is 4.23. The van der Waals surface area contributed by atoms with Crippen LogP contribution < -0.4 is 0 Å². The Morgan fingerprint density at radius 1 is 1.47 bits per heavy atom. The summed E-state index contributed by atoms with van der Waals surface area (Å²) in [4.78, 5) is 10.9. The van der Waals surface area contributed by atoms with Gasteiger partial charge in [0.2, 0.25) is 10.0 Å². The van der Waals surface area contributed by atoms with Crippen LogP contribution in [0.1, 0.15) is 30.6 Å². The van der Waals surface area contributed by atoms with Crippen molar-refractivity contribution < 1.29 is 18.3 Å². The molecule has 0 heterocycles. The molecule has 0 saturated carbocycles. The van der Waals surface area contributed by atoms with Crippen molar-refractivity contribution in [1.82, 2.24) is 4.31 Å². The maximum absolute atomic E-state index is 12.4. The molecule has 19 heavy (non-hydrogen) atoms. The Morgan fingerprint density at radius 2 is 2.05 bits per heavy atom. The van der Waals surface area contributed by atoms with Crippen LogP contribution in [0.3, 0.4) is 0 Å². The van der Waals surface area contributed by atoms with E-state index in [0.29, 0.717) is 10.9 Å². The molecule has 0 aliphatic rings. The average Bonchev–Trinajstić information content (AvgIpc) is 2.36. The molecular formula is C12H16BrNO4S. The third-order valence-corrected chi connectivity index (χ3v) is 6.01. The van der Waals surface area contributed by atoms with Crippen LogP contribution >= 0.6 is 15.9 Å². The Bertz CT molecular complexity index is 585. The molecule has 0 bridgehead atoms. The Kier molecular flexibility index (Phi) is 5.11. The van der Waals surface area contributed by atoms with Crippen LogP contribution in [0.2, 0.25) is 0 Å². The van der Waals surface area contributed by atoms with Gasteiger partial charge in [0.25, 0.3) is 0 Å². The van der Waals surface area contributed by atoms with Crippen molar-refractivity contribution in [3.8, 4) is 0 Å². The van der Waals surface area contributed by atoms with Crippen molar-refractivity contribution in [2.45, 2.75) is 31.2 Å². The third kappa shape index (κ3) is 3.34. The van der Waals surface area contributed by atoms with E-state index in [4.69, 9.17) is 5.11 Å². The third-order valence-electron chi connectivity index (χ3n) is 3.05. The molecule has 0 radical (unpaired) electrons. The maximum Gasteiger partial charge on any atom is 0.335 e. The minimum absolute atomic E-state index is 0.0322. The second kappa shape index (κ2) is 6.02. The number of rotatable bonds is 5. The fourth-order valence-electron chi connectivity index (χ4n) is 1.48. The van der Waals surface area contributed by atoms with Gasteiger partial charge in [-0.3, -0.25) is 0 Å². The molecule has 0 fully saturated rings. The van der Waals surface area contributed by atoms with Gasteiger partial charge in [-0.25, -0.2) is 13.2 Å². The molecule has 0 aliphatic carbocycles. The van der Waals surface area contributed by atoms with Gasteiger partial charge in [0.1, 0.15) is 0 Å². The first-order chi connectivity index (χ1) is 8.71. The number of carboxylic acids is 1. The van der Waals surface area contributed by atoms with Crippen molar-refractivity contribution in [1.29, 1.82) is 0 Å². The fourth-order valence-corrected chi connectivity index (χ4v) is 3.87. The van der Waals surface area contributed by atoms with E-state index in [2.05, 4.69) is 15.9 Å². The standard InChI is InChI=1S/C12H16BrNO4S/c1-4-8(2)14(3)19(17,18)11-7-9(12(15)16)5-6-10(11)13/h5-8H,4H2,1-3H3,(H,15,16). The lowest BCUT2D eigenvalue weighted by Crippen LogP contribution is -2.34. The molecule has 0 saturated heterocycles. The van der Waals surface area contributed by atoms with Gasteiger partial charge >= 0.3 is 5.97 Å². The van der Waals surface area contributed by atoms with Crippen LogP contribution in [0.25, 0.3) is 0 Å². The number of hydrogen-bond donors (Lipinski definition) is 1. The highest BCUT2D eigenvalue weighted by molar-refractivity contribution is 9.10. The molecule has 1 aromatic rings. The van der Waals surface area contributed by atoms with E-state index in [0.717, 1.165) is 0 Å². The van der Waals surface area contributed by atoms with Crippen molar-refractivity contribution >= 4 is 31.9 Å². The predicted octanol–water partition coefficient (Wildman–Crippen LogP) is 2.57. The molecule has 1 unspecified atom stereocenters. The largest absolute Gasteiger partial charge is 0.478 e. The molecule has 0 spiro atoms. The molecular weight excluding hydrogens is 334 g/mol. The minimum atomic E-state index is -3.71. The summed E-state index contributed by atoms with van der Waals surface area (Å²) < 4.78 is 26.5. The summed E-state index contributed by atoms with van der Waals surface area (Å²) in [6, 6.07) is 3.79. The smallest absolute Gasteiger partial charge is 0.335 e. The number of carbonyl (C=O) groups is 1. The Labute approximate surface area is 121 Å². The molecule has 7 heteroatoms. The van der Waals surface area contributed by atoms with E-state index in [-0.39, 0.29) is 16.5 Å². The number of benzene rings is 1. The van der Waals surface area contributed by atoms with Gasteiger partial charge in [-0.2, -0.15) is 4.31 Å². The molecule has 0 aliphatic heterocycles. The number of halogens is 1. The lowest BCUT2D eigenvalue weighted by atomic mass is 10.2. The first-order valence-corrected chi connectivity index (χ1v) is 7.96. The summed E-state index contributed by atoms with van der Waals surface area (Å²) >= 11 is 3.16. The highest BCUT2D eigenvalue weighted by Crippen LogP contribution is 2.27. The lowest BCUT2D eigenvalue weighted by Gasteiger charge is -2.23. The van der Waals surface area contributed by atoms with Crippen LogP contribution in [0.5, 0.6) is 0 Å². The monoisotopic (exact) mass is 349 g/mol. The summed E-state index contributed by atoms with van der Waals surface area (Å²) in [5, 5.41) is 8.94. The van der Waals surface area contributed by atoms with Gasteiger partial charge in [-0.1, -0.05) is 6.92 Å². The van der Waals surface area contributed by atoms with E-state index >= 15 is 0 Å². The molecule has 0 amide bonds. The highest BCUT2D eigenvalue weighted by Gasteiger charge is 2.27. The van der Waals surface area contributed by atoms with Gasteiger partial charge < -0.3 is 5.11 Å². The number of hydrogen-bond acceptors (Lipinski definition) is 3. The van der Waals surface area contributed by atoms with Crippen LogP contribution in [0, 0.1) is 0 Å². The summed E-state index contributed by atoms with van der Waals surface area (Å²) in [5.41, 5.74) is -0.0562. The van der Waals surface area contributed by atoms with Crippen LogP contribution in [-0.4, -0.2) is 36.9 Å². The first kappa shape index (κ1) is 16.1. The predicted molar refractivity (Wildman–Crippen MR) is 75.8 cm³/mol. The van der Waals surface area contributed by atoms with E-state index in [1.165, 1.54) is 29.6 Å². The molecule has 5 nitrogen and oxygen atoms in total. The fraction of sp³-hybridized carbons (Fsp3) is 0.417. The van der Waals surface area contributed by atoms with Crippen molar-refractivity contribution in [2.24, 2.45) is 0 Å². The number of sulfonamides is 1. The summed E-state index contributed by atoms with van der Waals surface area (Å²) in [5.74, 6) is -1.16. The van der Waals surface area contributed by atoms with Crippen LogP contribution in [0.4, 0.5) is 0 Å². The molecule has 1 atom stereocenters. The lowest BCUT2D eigenvalue weighted by molar-refractivity contribution is 0.0696. The van der Waals surface area contributed by atoms with Crippen molar-refractivity contribution in [3.05, 3.63) is 28.2 Å².